The van der Waals surface area contributed by atoms with Crippen molar-refractivity contribution >= 4 is 24.0 Å². The van der Waals surface area contributed by atoms with Crippen molar-refractivity contribution < 1.29 is 14.5 Å². The van der Waals surface area contributed by atoms with Crippen LogP contribution in [0.15, 0.2) is 24.3 Å². The quantitative estimate of drug-likeness (QED) is 0.646. The average molecular weight is 356 g/mol. The number of likely N-dealkylation sites (tertiary alicyclic amines) is 1. The summed E-state index contributed by atoms with van der Waals surface area (Å²) in [5.74, 6) is 0.264. The molecule has 0 saturated carbocycles. The van der Waals surface area contributed by atoms with Gasteiger partial charge in [0.25, 0.3) is 0 Å². The van der Waals surface area contributed by atoms with Gasteiger partial charge in [0.1, 0.15) is 0 Å². The Morgan fingerprint density at radius 2 is 2.04 bits per heavy atom. The fourth-order valence-electron chi connectivity index (χ4n) is 3.31. The number of carbonyl (C=O) groups excluding carboxylic acids is 1. The van der Waals surface area contributed by atoms with Crippen molar-refractivity contribution in [1.29, 1.82) is 0 Å². The number of carbonyl (C=O) groups is 1. The molecule has 2 aliphatic heterocycles. The Bertz CT molecular complexity index is 598. The van der Waals surface area contributed by atoms with E-state index in [0.717, 1.165) is 25.9 Å². The van der Waals surface area contributed by atoms with E-state index >= 15 is 0 Å². The van der Waals surface area contributed by atoms with Gasteiger partial charge in [-0.05, 0) is 25.3 Å². The monoisotopic (exact) mass is 355 g/mol. The Morgan fingerprint density at radius 3 is 2.83 bits per heavy atom. The summed E-state index contributed by atoms with van der Waals surface area (Å²) in [7, 11) is 0. The Hall–Kier alpha value is -1.86. The fourth-order valence-corrected chi connectivity index (χ4v) is 3.31. The van der Waals surface area contributed by atoms with Gasteiger partial charge in [0.05, 0.1) is 18.0 Å². The van der Waals surface area contributed by atoms with Crippen LogP contribution in [0.25, 0.3) is 0 Å². The lowest BCUT2D eigenvalue weighted by molar-refractivity contribution is -0.385. The van der Waals surface area contributed by atoms with Crippen LogP contribution in [-0.4, -0.2) is 47.5 Å². The zero-order valence-electron chi connectivity index (χ0n) is 13.3. The van der Waals surface area contributed by atoms with Crippen molar-refractivity contribution in [3.8, 4) is 5.75 Å². The lowest BCUT2D eigenvalue weighted by Gasteiger charge is -2.24. The number of amides is 1. The zero-order valence-corrected chi connectivity index (χ0v) is 14.2. The molecule has 1 aromatic carbocycles. The number of fused-ring (bicyclic) bond motifs is 2. The molecular formula is C16H22ClN3O4. The van der Waals surface area contributed by atoms with Gasteiger partial charge in [-0.1, -0.05) is 12.1 Å². The van der Waals surface area contributed by atoms with Crippen LogP contribution in [0.5, 0.6) is 5.75 Å². The van der Waals surface area contributed by atoms with E-state index in [1.54, 1.807) is 18.2 Å². The topological polar surface area (TPSA) is 84.7 Å². The maximum Gasteiger partial charge on any atom is 0.310 e. The maximum atomic E-state index is 12.3. The van der Waals surface area contributed by atoms with Gasteiger partial charge in [0, 0.05) is 31.2 Å². The second kappa shape index (κ2) is 8.30. The van der Waals surface area contributed by atoms with Gasteiger partial charge in [-0.15, -0.1) is 12.4 Å². The number of nitrogens with zero attached hydrogens (tertiary/aromatic N) is 2. The van der Waals surface area contributed by atoms with E-state index in [4.69, 9.17) is 4.74 Å². The van der Waals surface area contributed by atoms with Crippen LogP contribution in [0.3, 0.4) is 0 Å². The summed E-state index contributed by atoms with van der Waals surface area (Å²) in [6.45, 7) is 1.68. The SMILES string of the molecule is Cl.O=C(CCOc1ccccc1[N+](=O)[O-])N1CCC2CCC(C1)N2. The first-order valence-electron chi connectivity index (χ1n) is 8.03. The summed E-state index contributed by atoms with van der Waals surface area (Å²) in [6, 6.07) is 7.17. The van der Waals surface area contributed by atoms with Crippen LogP contribution in [0.4, 0.5) is 5.69 Å². The molecule has 2 atom stereocenters. The van der Waals surface area contributed by atoms with Crippen LogP contribution < -0.4 is 10.1 Å². The van der Waals surface area contributed by atoms with Gasteiger partial charge in [0.2, 0.25) is 5.91 Å². The first-order chi connectivity index (χ1) is 11.1. The summed E-state index contributed by atoms with van der Waals surface area (Å²) >= 11 is 0. The molecule has 1 N–H and O–H groups in total. The van der Waals surface area contributed by atoms with Crippen molar-refractivity contribution in [3.05, 3.63) is 34.4 Å². The van der Waals surface area contributed by atoms with Crippen molar-refractivity contribution in [2.45, 2.75) is 37.8 Å². The van der Waals surface area contributed by atoms with E-state index in [9.17, 15) is 14.9 Å². The number of para-hydroxylation sites is 2. The molecular weight excluding hydrogens is 334 g/mol. The van der Waals surface area contributed by atoms with E-state index in [-0.39, 0.29) is 42.8 Å². The Kier molecular flexibility index (Phi) is 6.39. The molecule has 0 spiro atoms. The van der Waals surface area contributed by atoms with E-state index < -0.39 is 4.92 Å². The van der Waals surface area contributed by atoms with Crippen LogP contribution in [-0.2, 0) is 4.79 Å². The second-order valence-corrected chi connectivity index (χ2v) is 6.09. The number of nitrogens with one attached hydrogen (secondary N) is 1. The van der Waals surface area contributed by atoms with Crippen molar-refractivity contribution in [1.82, 2.24) is 10.2 Å². The maximum absolute atomic E-state index is 12.3. The minimum Gasteiger partial charge on any atom is -0.486 e. The summed E-state index contributed by atoms with van der Waals surface area (Å²) in [5.41, 5.74) is -0.0729. The standard InChI is InChI=1S/C16H21N3O4.ClH/c20-16(18-9-7-12-5-6-13(11-18)17-12)8-10-23-15-4-2-1-3-14(15)19(21)22;/h1-4,12-13,17H,5-11H2;1H. The number of benzene rings is 1. The molecule has 1 amide bonds. The number of hydrogen-bond acceptors (Lipinski definition) is 5. The molecule has 2 fully saturated rings. The van der Waals surface area contributed by atoms with Gasteiger partial charge in [0.15, 0.2) is 5.75 Å². The first-order valence-corrected chi connectivity index (χ1v) is 8.03. The zero-order chi connectivity index (χ0) is 16.2. The number of ether oxygens (including phenoxy) is 1. The van der Waals surface area contributed by atoms with Crippen LogP contribution in [0.2, 0.25) is 0 Å². The summed E-state index contributed by atoms with van der Waals surface area (Å²) < 4.78 is 5.45. The van der Waals surface area contributed by atoms with Gasteiger partial charge >= 0.3 is 5.69 Å². The minimum absolute atomic E-state index is 0. The molecule has 0 aromatic heterocycles. The highest BCUT2D eigenvalue weighted by Gasteiger charge is 2.30. The van der Waals surface area contributed by atoms with Crippen LogP contribution >= 0.6 is 12.4 Å². The molecule has 132 valence electrons. The molecule has 24 heavy (non-hydrogen) atoms. The number of hydrogen-bond donors (Lipinski definition) is 1. The molecule has 3 rings (SSSR count). The molecule has 8 heteroatoms. The summed E-state index contributed by atoms with van der Waals surface area (Å²) in [4.78, 5) is 24.7. The van der Waals surface area contributed by atoms with Crippen molar-refractivity contribution in [2.75, 3.05) is 19.7 Å². The molecule has 2 unspecified atom stereocenters. The van der Waals surface area contributed by atoms with E-state index in [1.807, 2.05) is 4.90 Å². The second-order valence-electron chi connectivity index (χ2n) is 6.09. The molecule has 0 aliphatic carbocycles. The third kappa shape index (κ3) is 4.36. The molecule has 2 saturated heterocycles. The molecule has 2 bridgehead atoms. The smallest absolute Gasteiger partial charge is 0.310 e. The average Bonchev–Trinajstić information content (AvgIpc) is 2.86. The van der Waals surface area contributed by atoms with Gasteiger partial charge in [-0.3, -0.25) is 14.9 Å². The van der Waals surface area contributed by atoms with Gasteiger partial charge in [-0.25, -0.2) is 0 Å². The van der Waals surface area contributed by atoms with Crippen LogP contribution in [0.1, 0.15) is 25.7 Å². The summed E-state index contributed by atoms with van der Waals surface area (Å²) in [6.07, 6.45) is 3.56. The Morgan fingerprint density at radius 1 is 1.29 bits per heavy atom. The molecule has 1 aromatic rings. The minimum atomic E-state index is -0.478. The fraction of sp³-hybridized carbons (Fsp3) is 0.562. The largest absolute Gasteiger partial charge is 0.486 e. The number of nitro groups is 1. The number of halogens is 1. The molecule has 2 heterocycles. The van der Waals surface area contributed by atoms with Crippen molar-refractivity contribution in [2.24, 2.45) is 0 Å². The van der Waals surface area contributed by atoms with E-state index in [0.29, 0.717) is 12.1 Å². The third-order valence-corrected chi connectivity index (χ3v) is 4.51. The summed E-state index contributed by atoms with van der Waals surface area (Å²) in [5, 5.41) is 14.5. The normalized spacial score (nSPS) is 22.4. The molecule has 2 aliphatic rings. The van der Waals surface area contributed by atoms with Gasteiger partial charge in [-0.2, -0.15) is 0 Å². The van der Waals surface area contributed by atoms with E-state index in [1.165, 1.54) is 12.5 Å². The highest BCUT2D eigenvalue weighted by Crippen LogP contribution is 2.26. The number of nitro benzene ring substituents is 1. The molecule has 7 nitrogen and oxygen atoms in total. The highest BCUT2D eigenvalue weighted by atomic mass is 35.5. The predicted molar refractivity (Wildman–Crippen MR) is 91.6 cm³/mol. The Balaban J connectivity index is 0.00000208. The number of rotatable bonds is 5. The van der Waals surface area contributed by atoms with E-state index in [2.05, 4.69) is 5.32 Å². The first kappa shape index (κ1) is 18.5. The Labute approximate surface area is 146 Å². The van der Waals surface area contributed by atoms with Gasteiger partial charge < -0.3 is 15.0 Å². The van der Waals surface area contributed by atoms with Crippen molar-refractivity contribution in [3.63, 3.8) is 0 Å². The highest BCUT2D eigenvalue weighted by molar-refractivity contribution is 5.85. The third-order valence-electron chi connectivity index (χ3n) is 4.51. The lowest BCUT2D eigenvalue weighted by atomic mass is 10.1. The predicted octanol–water partition coefficient (Wildman–Crippen LogP) is 2.14. The molecule has 0 radical (unpaired) electrons. The van der Waals surface area contributed by atoms with Crippen LogP contribution in [0, 0.1) is 10.1 Å². The lowest BCUT2D eigenvalue weighted by Crippen LogP contribution is -2.39.